The number of carbonyl (C=O) groups excluding carboxylic acids is 1. The molecule has 0 aliphatic carbocycles. The first-order chi connectivity index (χ1) is 14.4. The zero-order chi connectivity index (χ0) is 23.0. The van der Waals surface area contributed by atoms with E-state index in [0.29, 0.717) is 29.1 Å². The summed E-state index contributed by atoms with van der Waals surface area (Å²) in [4.78, 5) is 14.2. The van der Waals surface area contributed by atoms with E-state index in [0.717, 1.165) is 0 Å². The van der Waals surface area contributed by atoms with Crippen molar-refractivity contribution in [1.29, 1.82) is 0 Å². The molecule has 0 spiro atoms. The minimum absolute atomic E-state index is 0.0495. The van der Waals surface area contributed by atoms with Crippen molar-refractivity contribution < 1.29 is 30.9 Å². The molecular formula is C20H17Cl2F3NO4S-. The summed E-state index contributed by atoms with van der Waals surface area (Å²) in [5.74, 6) is -5.88. The molecule has 0 saturated carbocycles. The van der Waals surface area contributed by atoms with Gasteiger partial charge in [0.05, 0.1) is 20.2 Å². The Bertz CT molecular complexity index is 1110. The Hall–Kier alpha value is -1.81. The molecule has 1 unspecified atom stereocenters. The lowest BCUT2D eigenvalue weighted by Crippen LogP contribution is -2.35. The molecule has 2 aromatic carbocycles. The molecule has 168 valence electrons. The summed E-state index contributed by atoms with van der Waals surface area (Å²) in [6.07, 6.45) is 0.692. The SMILES string of the molecule is O=C(c1cc(F)c(F)c(F)c1)N1CCC(CCCS(=O)(=O)[O-])(c2ccc(Cl)c(Cl)c2)C1. The second kappa shape index (κ2) is 8.97. The van der Waals surface area contributed by atoms with Gasteiger partial charge in [-0.1, -0.05) is 29.3 Å². The van der Waals surface area contributed by atoms with Gasteiger partial charge in [-0.05, 0) is 49.1 Å². The molecule has 2 aromatic rings. The van der Waals surface area contributed by atoms with Gasteiger partial charge in [-0.2, -0.15) is 0 Å². The van der Waals surface area contributed by atoms with Gasteiger partial charge < -0.3 is 9.45 Å². The lowest BCUT2D eigenvalue weighted by molar-refractivity contribution is 0.0781. The van der Waals surface area contributed by atoms with E-state index in [9.17, 15) is 30.9 Å². The number of hydrogen-bond donors (Lipinski definition) is 0. The van der Waals surface area contributed by atoms with Crippen molar-refractivity contribution in [3.05, 3.63) is 69.0 Å². The maximum Gasteiger partial charge on any atom is 0.254 e. The second-order valence-electron chi connectivity index (χ2n) is 7.51. The van der Waals surface area contributed by atoms with Crippen LogP contribution in [-0.4, -0.2) is 42.6 Å². The van der Waals surface area contributed by atoms with Crippen LogP contribution in [0.15, 0.2) is 30.3 Å². The van der Waals surface area contributed by atoms with Crippen LogP contribution in [0.2, 0.25) is 10.0 Å². The van der Waals surface area contributed by atoms with Gasteiger partial charge in [0.15, 0.2) is 17.5 Å². The van der Waals surface area contributed by atoms with Crippen LogP contribution in [0.3, 0.4) is 0 Å². The molecule has 31 heavy (non-hydrogen) atoms. The molecule has 0 aromatic heterocycles. The van der Waals surface area contributed by atoms with E-state index in [1.165, 1.54) is 4.90 Å². The van der Waals surface area contributed by atoms with Crippen LogP contribution < -0.4 is 0 Å². The normalized spacial score (nSPS) is 19.1. The molecule has 1 heterocycles. The van der Waals surface area contributed by atoms with E-state index in [4.69, 9.17) is 23.2 Å². The standard InChI is InChI=1S/C20H18Cl2F3NO4S/c21-14-3-2-13(10-15(14)22)20(4-1-7-31(28,29)30)5-6-26(11-20)19(27)12-8-16(23)18(25)17(24)9-12/h2-3,8-10H,1,4-7,11H2,(H,28,29,30)/p-1. The van der Waals surface area contributed by atoms with Crippen LogP contribution in [0.4, 0.5) is 13.2 Å². The topological polar surface area (TPSA) is 77.5 Å². The number of rotatable bonds is 6. The highest BCUT2D eigenvalue weighted by Gasteiger charge is 2.41. The number of halogens is 5. The molecule has 11 heteroatoms. The van der Waals surface area contributed by atoms with Gasteiger partial charge in [0.25, 0.3) is 5.91 Å². The third-order valence-electron chi connectivity index (χ3n) is 5.45. The molecule has 1 aliphatic rings. The van der Waals surface area contributed by atoms with Crippen molar-refractivity contribution in [3.8, 4) is 0 Å². The number of carbonyl (C=O) groups is 1. The number of benzene rings is 2. The van der Waals surface area contributed by atoms with Crippen LogP contribution in [0, 0.1) is 17.5 Å². The van der Waals surface area contributed by atoms with E-state index >= 15 is 0 Å². The second-order valence-corrected chi connectivity index (χ2v) is 9.84. The summed E-state index contributed by atoms with van der Waals surface area (Å²) < 4.78 is 73.5. The maximum atomic E-state index is 13.6. The predicted molar refractivity (Wildman–Crippen MR) is 109 cm³/mol. The molecule has 1 fully saturated rings. The molecule has 1 aliphatic heterocycles. The largest absolute Gasteiger partial charge is 0.748 e. The first-order valence-corrected chi connectivity index (χ1v) is 11.6. The summed E-state index contributed by atoms with van der Waals surface area (Å²) in [5, 5.41) is 0.577. The van der Waals surface area contributed by atoms with E-state index < -0.39 is 44.6 Å². The van der Waals surface area contributed by atoms with Crippen molar-refractivity contribution in [2.75, 3.05) is 18.8 Å². The van der Waals surface area contributed by atoms with Gasteiger partial charge in [-0.25, -0.2) is 21.6 Å². The Morgan fingerprint density at radius 1 is 1.10 bits per heavy atom. The molecule has 3 rings (SSSR count). The molecule has 1 saturated heterocycles. The fourth-order valence-corrected chi connectivity index (χ4v) is 4.70. The van der Waals surface area contributed by atoms with Crippen molar-refractivity contribution in [2.24, 2.45) is 0 Å². The maximum absolute atomic E-state index is 13.6. The number of amides is 1. The average molecular weight is 495 g/mol. The zero-order valence-electron chi connectivity index (χ0n) is 16.0. The van der Waals surface area contributed by atoms with Gasteiger partial charge in [0, 0.05) is 29.8 Å². The van der Waals surface area contributed by atoms with E-state index in [-0.39, 0.29) is 36.5 Å². The fourth-order valence-electron chi connectivity index (χ4n) is 3.90. The third kappa shape index (κ3) is 5.34. The quantitative estimate of drug-likeness (QED) is 0.436. The number of likely N-dealkylation sites (tertiary alicyclic amines) is 1. The van der Waals surface area contributed by atoms with Crippen LogP contribution >= 0.6 is 23.2 Å². The Balaban J connectivity index is 1.90. The molecule has 1 atom stereocenters. The fraction of sp³-hybridized carbons (Fsp3) is 0.350. The smallest absolute Gasteiger partial charge is 0.254 e. The van der Waals surface area contributed by atoms with Gasteiger partial charge >= 0.3 is 0 Å². The molecule has 0 bridgehead atoms. The van der Waals surface area contributed by atoms with Gasteiger partial charge in [0.2, 0.25) is 0 Å². The molecular weight excluding hydrogens is 478 g/mol. The minimum Gasteiger partial charge on any atom is -0.748 e. The number of hydrogen-bond acceptors (Lipinski definition) is 4. The minimum atomic E-state index is -4.42. The Morgan fingerprint density at radius 2 is 1.74 bits per heavy atom. The van der Waals surface area contributed by atoms with Crippen molar-refractivity contribution in [1.82, 2.24) is 4.90 Å². The highest BCUT2D eigenvalue weighted by atomic mass is 35.5. The van der Waals surface area contributed by atoms with Crippen molar-refractivity contribution in [3.63, 3.8) is 0 Å². The monoisotopic (exact) mass is 494 g/mol. The first kappa shape index (κ1) is 23.8. The molecule has 5 nitrogen and oxygen atoms in total. The third-order valence-corrected chi connectivity index (χ3v) is 6.98. The van der Waals surface area contributed by atoms with Gasteiger partial charge in [-0.15, -0.1) is 0 Å². The summed E-state index contributed by atoms with van der Waals surface area (Å²) >= 11 is 12.1. The summed E-state index contributed by atoms with van der Waals surface area (Å²) in [6, 6.07) is 6.14. The van der Waals surface area contributed by atoms with E-state index in [1.807, 2.05) is 0 Å². The van der Waals surface area contributed by atoms with Crippen molar-refractivity contribution in [2.45, 2.75) is 24.7 Å². The lowest BCUT2D eigenvalue weighted by Gasteiger charge is -2.31. The predicted octanol–water partition coefficient (Wildman–Crippen LogP) is 4.52. The van der Waals surface area contributed by atoms with Crippen molar-refractivity contribution >= 4 is 39.2 Å². The summed E-state index contributed by atoms with van der Waals surface area (Å²) in [5.41, 5.74) is -0.397. The Labute approximate surface area is 187 Å². The summed E-state index contributed by atoms with van der Waals surface area (Å²) in [7, 11) is -4.42. The molecule has 1 amide bonds. The van der Waals surface area contributed by atoms with Gasteiger partial charge in [0.1, 0.15) is 0 Å². The number of nitrogens with zero attached hydrogens (tertiary/aromatic N) is 1. The first-order valence-electron chi connectivity index (χ1n) is 9.25. The van der Waals surface area contributed by atoms with Crippen LogP contribution in [0.1, 0.15) is 35.2 Å². The lowest BCUT2D eigenvalue weighted by atomic mass is 9.76. The molecule has 0 N–H and O–H groups in total. The van der Waals surface area contributed by atoms with Crippen LogP contribution in [-0.2, 0) is 15.5 Å². The van der Waals surface area contributed by atoms with Gasteiger partial charge in [-0.3, -0.25) is 4.79 Å². The van der Waals surface area contributed by atoms with E-state index in [1.54, 1.807) is 18.2 Å². The average Bonchev–Trinajstić information content (AvgIpc) is 3.11. The van der Waals surface area contributed by atoms with E-state index in [2.05, 4.69) is 0 Å². The van der Waals surface area contributed by atoms with Crippen LogP contribution in [0.5, 0.6) is 0 Å². The molecule has 0 radical (unpaired) electrons. The Morgan fingerprint density at radius 3 is 2.32 bits per heavy atom. The Kier molecular flexibility index (Phi) is 6.90. The highest BCUT2D eigenvalue weighted by molar-refractivity contribution is 7.85. The highest BCUT2D eigenvalue weighted by Crippen LogP contribution is 2.41. The zero-order valence-corrected chi connectivity index (χ0v) is 18.3. The van der Waals surface area contributed by atoms with Crippen LogP contribution in [0.25, 0.3) is 0 Å². The summed E-state index contributed by atoms with van der Waals surface area (Å²) in [6.45, 7) is 0.285.